The van der Waals surface area contributed by atoms with Crippen LogP contribution >= 0.6 is 0 Å². The highest BCUT2D eigenvalue weighted by atomic mass is 16.1. The number of hydrogen-bond acceptors (Lipinski definition) is 3. The van der Waals surface area contributed by atoms with E-state index in [9.17, 15) is 4.79 Å². The van der Waals surface area contributed by atoms with Crippen molar-refractivity contribution in [1.29, 1.82) is 0 Å². The van der Waals surface area contributed by atoms with Crippen molar-refractivity contribution in [3.05, 3.63) is 47.8 Å². The molecule has 0 spiro atoms. The van der Waals surface area contributed by atoms with E-state index in [1.54, 1.807) is 16.9 Å². The van der Waals surface area contributed by atoms with Crippen LogP contribution in [0, 0.1) is 0 Å². The third-order valence-electron chi connectivity index (χ3n) is 3.03. The summed E-state index contributed by atoms with van der Waals surface area (Å²) in [7, 11) is 3.96. The van der Waals surface area contributed by atoms with Gasteiger partial charge in [0.2, 0.25) is 5.78 Å². The van der Waals surface area contributed by atoms with E-state index in [0.717, 1.165) is 18.7 Å². The van der Waals surface area contributed by atoms with Crippen molar-refractivity contribution in [2.24, 2.45) is 0 Å². The number of aromatic nitrogens is 2. The van der Waals surface area contributed by atoms with Crippen LogP contribution in [-0.4, -0.2) is 29.7 Å². The lowest BCUT2D eigenvalue weighted by Gasteiger charge is -2.12. The van der Waals surface area contributed by atoms with Crippen LogP contribution in [0.15, 0.2) is 36.5 Å². The average molecular weight is 257 g/mol. The van der Waals surface area contributed by atoms with E-state index >= 15 is 0 Å². The minimum absolute atomic E-state index is 0.0243. The fourth-order valence-corrected chi connectivity index (χ4v) is 1.97. The maximum absolute atomic E-state index is 12.4. The van der Waals surface area contributed by atoms with Gasteiger partial charge >= 0.3 is 0 Å². The Bertz CT molecular complexity index is 555. The molecule has 0 unspecified atom stereocenters. The predicted octanol–water partition coefficient (Wildman–Crippen LogP) is 2.59. The summed E-state index contributed by atoms with van der Waals surface area (Å²) in [4.78, 5) is 14.4. The van der Waals surface area contributed by atoms with Gasteiger partial charge in [-0.25, -0.2) is 0 Å². The Labute approximate surface area is 113 Å². The molecule has 0 saturated heterocycles. The predicted molar refractivity (Wildman–Crippen MR) is 76.7 cm³/mol. The van der Waals surface area contributed by atoms with Crippen molar-refractivity contribution in [2.45, 2.75) is 19.9 Å². The number of ketones is 1. The molecule has 0 fully saturated rings. The van der Waals surface area contributed by atoms with Crippen molar-refractivity contribution in [2.75, 3.05) is 19.0 Å². The second-order valence-electron chi connectivity index (χ2n) is 4.71. The Kier molecular flexibility index (Phi) is 4.00. The molecular formula is C15H19N3O. The summed E-state index contributed by atoms with van der Waals surface area (Å²) < 4.78 is 1.77. The molecule has 0 atom stereocenters. The van der Waals surface area contributed by atoms with Gasteiger partial charge in [0.25, 0.3) is 0 Å². The summed E-state index contributed by atoms with van der Waals surface area (Å²) in [5, 5.41) is 4.19. The SMILES string of the molecule is CCCn1nccc1C(=O)c1ccc(N(C)C)cc1. The van der Waals surface area contributed by atoms with Gasteiger partial charge in [-0.1, -0.05) is 6.92 Å². The van der Waals surface area contributed by atoms with Gasteiger partial charge in [0.05, 0.1) is 0 Å². The minimum atomic E-state index is 0.0243. The number of nitrogens with zero attached hydrogens (tertiary/aromatic N) is 3. The summed E-state index contributed by atoms with van der Waals surface area (Å²) in [5.74, 6) is 0.0243. The van der Waals surface area contributed by atoms with Crippen molar-refractivity contribution in [3.8, 4) is 0 Å². The molecule has 1 aromatic heterocycles. The molecule has 19 heavy (non-hydrogen) atoms. The van der Waals surface area contributed by atoms with Crippen LogP contribution in [-0.2, 0) is 6.54 Å². The second-order valence-corrected chi connectivity index (χ2v) is 4.71. The number of aryl methyl sites for hydroxylation is 1. The summed E-state index contributed by atoms with van der Waals surface area (Å²) in [6.45, 7) is 2.84. The summed E-state index contributed by atoms with van der Waals surface area (Å²) in [5.41, 5.74) is 2.43. The Hall–Kier alpha value is -2.10. The Morgan fingerprint density at radius 1 is 1.21 bits per heavy atom. The smallest absolute Gasteiger partial charge is 0.211 e. The summed E-state index contributed by atoms with van der Waals surface area (Å²) in [6.07, 6.45) is 2.64. The molecule has 0 aliphatic rings. The van der Waals surface area contributed by atoms with Crippen LogP contribution < -0.4 is 4.90 Å². The quantitative estimate of drug-likeness (QED) is 0.773. The molecule has 0 radical (unpaired) electrons. The zero-order valence-electron chi connectivity index (χ0n) is 11.6. The molecule has 0 N–H and O–H groups in total. The molecule has 0 amide bonds. The fraction of sp³-hybridized carbons (Fsp3) is 0.333. The van der Waals surface area contributed by atoms with E-state index in [4.69, 9.17) is 0 Å². The number of carbonyl (C=O) groups is 1. The first-order valence-corrected chi connectivity index (χ1v) is 6.47. The van der Waals surface area contributed by atoms with E-state index in [2.05, 4.69) is 12.0 Å². The zero-order valence-corrected chi connectivity index (χ0v) is 11.6. The van der Waals surface area contributed by atoms with E-state index in [-0.39, 0.29) is 5.78 Å². The van der Waals surface area contributed by atoms with E-state index < -0.39 is 0 Å². The van der Waals surface area contributed by atoms with Crippen LogP contribution in [0.1, 0.15) is 29.4 Å². The third kappa shape index (κ3) is 2.84. The van der Waals surface area contributed by atoms with E-state index in [0.29, 0.717) is 11.3 Å². The van der Waals surface area contributed by atoms with Crippen LogP contribution in [0.2, 0.25) is 0 Å². The van der Waals surface area contributed by atoms with Gasteiger partial charge in [-0.2, -0.15) is 5.10 Å². The first kappa shape index (κ1) is 13.3. The highest BCUT2D eigenvalue weighted by molar-refractivity contribution is 6.08. The first-order valence-electron chi connectivity index (χ1n) is 6.47. The Morgan fingerprint density at radius 3 is 2.47 bits per heavy atom. The lowest BCUT2D eigenvalue weighted by molar-refractivity contribution is 0.102. The average Bonchev–Trinajstić information content (AvgIpc) is 2.87. The standard InChI is InChI=1S/C15H19N3O/c1-4-11-18-14(9-10-16-18)15(19)12-5-7-13(8-6-12)17(2)3/h5-10H,4,11H2,1-3H3. The highest BCUT2D eigenvalue weighted by Gasteiger charge is 2.13. The Balaban J connectivity index is 2.26. The van der Waals surface area contributed by atoms with Gasteiger partial charge in [0.1, 0.15) is 5.69 Å². The van der Waals surface area contributed by atoms with Gasteiger partial charge in [0.15, 0.2) is 0 Å². The minimum Gasteiger partial charge on any atom is -0.378 e. The van der Waals surface area contributed by atoms with Crippen molar-refractivity contribution >= 4 is 11.5 Å². The molecular weight excluding hydrogens is 238 g/mol. The largest absolute Gasteiger partial charge is 0.378 e. The zero-order chi connectivity index (χ0) is 13.8. The van der Waals surface area contributed by atoms with Crippen LogP contribution in [0.4, 0.5) is 5.69 Å². The molecule has 0 aliphatic carbocycles. The van der Waals surface area contributed by atoms with Crippen molar-refractivity contribution < 1.29 is 4.79 Å². The molecule has 0 saturated carbocycles. The van der Waals surface area contributed by atoms with Gasteiger partial charge in [-0.05, 0) is 36.8 Å². The topological polar surface area (TPSA) is 38.1 Å². The number of carbonyl (C=O) groups excluding carboxylic acids is 1. The molecule has 100 valence electrons. The van der Waals surface area contributed by atoms with Crippen LogP contribution in [0.3, 0.4) is 0 Å². The van der Waals surface area contributed by atoms with Gasteiger partial charge in [-0.15, -0.1) is 0 Å². The molecule has 0 aliphatic heterocycles. The third-order valence-corrected chi connectivity index (χ3v) is 3.03. The molecule has 1 aromatic carbocycles. The first-order chi connectivity index (χ1) is 9.13. The lowest BCUT2D eigenvalue weighted by Crippen LogP contribution is -2.12. The monoisotopic (exact) mass is 257 g/mol. The van der Waals surface area contributed by atoms with Gasteiger partial charge < -0.3 is 4.90 Å². The molecule has 1 heterocycles. The highest BCUT2D eigenvalue weighted by Crippen LogP contribution is 2.15. The number of rotatable bonds is 5. The van der Waals surface area contributed by atoms with Crippen molar-refractivity contribution in [3.63, 3.8) is 0 Å². The molecule has 2 aromatic rings. The van der Waals surface area contributed by atoms with E-state index in [1.807, 2.05) is 43.3 Å². The van der Waals surface area contributed by atoms with Crippen molar-refractivity contribution in [1.82, 2.24) is 9.78 Å². The van der Waals surface area contributed by atoms with Crippen LogP contribution in [0.5, 0.6) is 0 Å². The molecule has 2 rings (SSSR count). The van der Waals surface area contributed by atoms with E-state index in [1.165, 1.54) is 0 Å². The number of benzene rings is 1. The molecule has 0 bridgehead atoms. The Morgan fingerprint density at radius 2 is 1.89 bits per heavy atom. The number of hydrogen-bond donors (Lipinski definition) is 0. The maximum atomic E-state index is 12.4. The molecule has 4 heteroatoms. The maximum Gasteiger partial charge on any atom is 0.211 e. The van der Waals surface area contributed by atoms with Crippen LogP contribution in [0.25, 0.3) is 0 Å². The summed E-state index contributed by atoms with van der Waals surface area (Å²) >= 11 is 0. The number of anilines is 1. The fourth-order valence-electron chi connectivity index (χ4n) is 1.97. The summed E-state index contributed by atoms with van der Waals surface area (Å²) in [6, 6.07) is 9.40. The normalized spacial score (nSPS) is 10.5. The second kappa shape index (κ2) is 5.69. The molecule has 4 nitrogen and oxygen atoms in total. The van der Waals surface area contributed by atoms with Gasteiger partial charge in [0, 0.05) is 38.1 Å². The lowest BCUT2D eigenvalue weighted by atomic mass is 10.1. The van der Waals surface area contributed by atoms with Gasteiger partial charge in [-0.3, -0.25) is 9.48 Å².